The number of benzene rings is 2. The van der Waals surface area contributed by atoms with Crippen LogP contribution in [0.15, 0.2) is 29.3 Å². The van der Waals surface area contributed by atoms with Gasteiger partial charge in [0.15, 0.2) is 5.82 Å². The molecule has 1 amide bonds. The van der Waals surface area contributed by atoms with Crippen LogP contribution in [0.25, 0.3) is 0 Å². The molecule has 3 N–H and O–H groups in total. The fourth-order valence-corrected chi connectivity index (χ4v) is 5.35. The lowest BCUT2D eigenvalue weighted by Gasteiger charge is -2.54. The van der Waals surface area contributed by atoms with Crippen LogP contribution in [0, 0.1) is 17.7 Å². The Morgan fingerprint density at radius 3 is 2.56 bits per heavy atom. The Hall–Kier alpha value is -2.92. The maximum Gasteiger partial charge on any atom is 0.471 e. The number of hydrogen-bond donors (Lipinski definition) is 3. The summed E-state index contributed by atoms with van der Waals surface area (Å²) in [5.74, 6) is -2.22. The second kappa shape index (κ2) is 9.19. The zero-order chi connectivity index (χ0) is 25.8. The third-order valence-electron chi connectivity index (χ3n) is 6.82. The maximum atomic E-state index is 14.6. The number of hydrogen-bond acceptors (Lipinski definition) is 6. The molecule has 2 bridgehead atoms. The van der Waals surface area contributed by atoms with Crippen molar-refractivity contribution in [1.82, 2.24) is 4.90 Å². The van der Waals surface area contributed by atoms with Crippen LogP contribution in [0.5, 0.6) is 5.75 Å². The van der Waals surface area contributed by atoms with Crippen LogP contribution in [0.2, 0.25) is 10.0 Å². The number of nitrogens with one attached hydrogen (secondary N) is 3. The molecule has 13 heteroatoms. The van der Waals surface area contributed by atoms with E-state index in [1.807, 2.05) is 0 Å². The normalized spacial score (nSPS) is 24.4. The molecule has 36 heavy (non-hydrogen) atoms. The van der Waals surface area contributed by atoms with E-state index < -0.39 is 24.1 Å². The average Bonchev–Trinajstić information content (AvgIpc) is 2.86. The van der Waals surface area contributed by atoms with Crippen LogP contribution >= 0.6 is 23.2 Å². The van der Waals surface area contributed by atoms with E-state index >= 15 is 0 Å². The van der Waals surface area contributed by atoms with Gasteiger partial charge in [-0.25, -0.2) is 9.38 Å². The Bertz CT molecular complexity index is 1230. The molecule has 5 rings (SSSR count). The number of piperidine rings is 2. The number of aliphatic imine (C=N–C) groups is 1. The van der Waals surface area contributed by atoms with Crippen molar-refractivity contribution in [3.63, 3.8) is 0 Å². The number of carbonyl (C=O) groups excluding carboxylic acids is 1. The van der Waals surface area contributed by atoms with E-state index in [0.717, 1.165) is 11.3 Å². The summed E-state index contributed by atoms with van der Waals surface area (Å²) in [5, 5.41) is 9.34. The third-order valence-corrected chi connectivity index (χ3v) is 7.60. The van der Waals surface area contributed by atoms with Crippen molar-refractivity contribution in [1.29, 1.82) is 0 Å². The standard InChI is InChI=1S/C23H21Cl2F4N5O2/c1-36-17-6-15-12(21(31-9-30-15)33-14-3-2-13(24)18(25)19(14)26)5-16(17)32-20-10-4-11(20)8-34(7-10)22(35)23(27,28)29/h2-3,5-6,9-11,20-21,32-33H,4,7-8H2,1H3,(H,30,31)/t10-,11+,20?,21?. The van der Waals surface area contributed by atoms with E-state index in [2.05, 4.69) is 20.9 Å². The molecule has 7 nitrogen and oxygen atoms in total. The van der Waals surface area contributed by atoms with Crippen LogP contribution in [-0.4, -0.2) is 49.6 Å². The topological polar surface area (TPSA) is 78.0 Å². The Morgan fingerprint density at radius 1 is 1.17 bits per heavy atom. The Morgan fingerprint density at radius 2 is 1.89 bits per heavy atom. The number of rotatable bonds is 5. The first-order chi connectivity index (χ1) is 17.1. The molecule has 1 saturated heterocycles. The largest absolute Gasteiger partial charge is 0.495 e. The number of alkyl halides is 3. The van der Waals surface area contributed by atoms with E-state index in [1.54, 1.807) is 12.1 Å². The molecule has 2 aromatic carbocycles. The number of anilines is 3. The molecule has 2 fully saturated rings. The number of nitrogens with zero attached hydrogens (tertiary/aromatic N) is 2. The minimum atomic E-state index is -4.88. The SMILES string of the molecule is COc1cc2c(cc1NC1[C@@H]3C[C@H]1CN(C(=O)C(F)(F)F)C3)C(Nc1ccc(Cl)c(Cl)c1F)N=CN2. The van der Waals surface area contributed by atoms with Crippen molar-refractivity contribution in [2.45, 2.75) is 24.8 Å². The quantitative estimate of drug-likeness (QED) is 0.340. The summed E-state index contributed by atoms with van der Waals surface area (Å²) in [7, 11) is 1.51. The van der Waals surface area contributed by atoms with Gasteiger partial charge in [0.05, 0.1) is 40.6 Å². The van der Waals surface area contributed by atoms with E-state index in [1.165, 1.54) is 25.6 Å². The van der Waals surface area contributed by atoms with Crippen molar-refractivity contribution in [3.8, 4) is 5.75 Å². The number of halogens is 6. The van der Waals surface area contributed by atoms with E-state index in [0.29, 0.717) is 22.7 Å². The highest BCUT2D eigenvalue weighted by Gasteiger charge is 2.52. The molecule has 3 aliphatic rings. The first-order valence-corrected chi connectivity index (χ1v) is 11.8. The highest BCUT2D eigenvalue weighted by atomic mass is 35.5. The van der Waals surface area contributed by atoms with Crippen molar-refractivity contribution in [3.05, 3.63) is 45.7 Å². The van der Waals surface area contributed by atoms with Crippen LogP contribution in [-0.2, 0) is 4.79 Å². The van der Waals surface area contributed by atoms with E-state index in [9.17, 15) is 22.4 Å². The van der Waals surface area contributed by atoms with Gasteiger partial charge in [0.1, 0.15) is 11.9 Å². The molecule has 0 spiro atoms. The molecule has 1 aliphatic carbocycles. The number of methoxy groups -OCH3 is 1. The highest BCUT2D eigenvalue weighted by Crippen LogP contribution is 2.45. The molecule has 0 aromatic heterocycles. The van der Waals surface area contributed by atoms with Crippen molar-refractivity contribution in [2.75, 3.05) is 36.1 Å². The summed E-state index contributed by atoms with van der Waals surface area (Å²) >= 11 is 11.8. The van der Waals surface area contributed by atoms with Crippen molar-refractivity contribution < 1.29 is 27.1 Å². The van der Waals surface area contributed by atoms with Gasteiger partial charge in [0, 0.05) is 30.8 Å². The number of carbonyl (C=O) groups is 1. The summed E-state index contributed by atoms with van der Waals surface area (Å²) < 4.78 is 58.7. The minimum Gasteiger partial charge on any atom is -0.495 e. The van der Waals surface area contributed by atoms with Gasteiger partial charge in [-0.05, 0) is 36.5 Å². The molecule has 2 unspecified atom stereocenters. The van der Waals surface area contributed by atoms with Gasteiger partial charge in [0.25, 0.3) is 0 Å². The van der Waals surface area contributed by atoms with Crippen LogP contribution in [0.4, 0.5) is 34.6 Å². The van der Waals surface area contributed by atoms with Gasteiger partial charge < -0.3 is 25.6 Å². The molecule has 1 saturated carbocycles. The van der Waals surface area contributed by atoms with E-state index in [-0.39, 0.29) is 46.7 Å². The number of likely N-dealkylation sites (tertiary alicyclic amines) is 1. The molecule has 2 heterocycles. The zero-order valence-corrected chi connectivity index (χ0v) is 20.3. The molecule has 192 valence electrons. The first-order valence-electron chi connectivity index (χ1n) is 11.1. The molecule has 2 aliphatic heterocycles. The van der Waals surface area contributed by atoms with Crippen molar-refractivity contribution >= 4 is 52.5 Å². The lowest BCUT2D eigenvalue weighted by Crippen LogP contribution is -2.63. The molecule has 2 aromatic rings. The van der Waals surface area contributed by atoms with Gasteiger partial charge in [-0.3, -0.25) is 4.79 Å². The Kier molecular flexibility index (Phi) is 6.32. The van der Waals surface area contributed by atoms with Gasteiger partial charge in [-0.1, -0.05) is 23.2 Å². The van der Waals surface area contributed by atoms with Crippen LogP contribution in [0.1, 0.15) is 18.2 Å². The number of fused-ring (bicyclic) bond motifs is 3. The Labute approximate surface area is 213 Å². The Balaban J connectivity index is 1.37. The summed E-state index contributed by atoms with van der Waals surface area (Å²) in [4.78, 5) is 16.9. The zero-order valence-electron chi connectivity index (χ0n) is 18.8. The highest BCUT2D eigenvalue weighted by molar-refractivity contribution is 6.42. The molecular formula is C23H21Cl2F4N5O2. The maximum absolute atomic E-state index is 14.6. The molecule has 0 radical (unpaired) electrons. The summed E-state index contributed by atoms with van der Waals surface area (Å²) in [6.07, 6.45) is -3.33. The second-order valence-electron chi connectivity index (χ2n) is 8.97. The minimum absolute atomic E-state index is 0.0341. The predicted octanol–water partition coefficient (Wildman–Crippen LogP) is 5.53. The second-order valence-corrected chi connectivity index (χ2v) is 9.75. The average molecular weight is 546 g/mol. The predicted molar refractivity (Wildman–Crippen MR) is 130 cm³/mol. The number of amides is 1. The van der Waals surface area contributed by atoms with Crippen LogP contribution < -0.4 is 20.7 Å². The molecular weight excluding hydrogens is 525 g/mol. The number of ether oxygens (including phenoxy) is 1. The van der Waals surface area contributed by atoms with Gasteiger partial charge in [-0.2, -0.15) is 13.2 Å². The molecule has 4 atom stereocenters. The smallest absolute Gasteiger partial charge is 0.471 e. The lowest BCUT2D eigenvalue weighted by atomic mass is 9.66. The first kappa shape index (κ1) is 24.8. The third kappa shape index (κ3) is 4.39. The lowest BCUT2D eigenvalue weighted by molar-refractivity contribution is -0.191. The van der Waals surface area contributed by atoms with Crippen molar-refractivity contribution in [2.24, 2.45) is 16.8 Å². The monoisotopic (exact) mass is 545 g/mol. The summed E-state index contributed by atoms with van der Waals surface area (Å²) in [6, 6.07) is 6.39. The summed E-state index contributed by atoms with van der Waals surface area (Å²) in [6.45, 7) is 0.0683. The summed E-state index contributed by atoms with van der Waals surface area (Å²) in [5.41, 5.74) is 2.10. The van der Waals surface area contributed by atoms with Gasteiger partial charge >= 0.3 is 12.1 Å². The fraction of sp³-hybridized carbons (Fsp3) is 0.391. The fourth-order valence-electron chi connectivity index (χ4n) is 5.04. The van der Waals surface area contributed by atoms with E-state index in [4.69, 9.17) is 27.9 Å². The van der Waals surface area contributed by atoms with Gasteiger partial charge in [0.2, 0.25) is 0 Å². The van der Waals surface area contributed by atoms with Gasteiger partial charge in [-0.15, -0.1) is 0 Å². The van der Waals surface area contributed by atoms with Crippen LogP contribution in [0.3, 0.4) is 0 Å².